The first kappa shape index (κ1) is 39.7. The Labute approximate surface area is 310 Å². The van der Waals surface area contributed by atoms with Crippen molar-refractivity contribution in [3.8, 4) is 5.75 Å². The number of hydrogen-bond acceptors (Lipinski definition) is 8. The van der Waals surface area contributed by atoms with Gasteiger partial charge >= 0.3 is 18.3 Å². The van der Waals surface area contributed by atoms with Crippen LogP contribution in [0.25, 0.3) is 0 Å². The van der Waals surface area contributed by atoms with E-state index in [0.717, 1.165) is 18.4 Å². The second-order valence-electron chi connectivity index (χ2n) is 18.1. The van der Waals surface area contributed by atoms with Crippen molar-refractivity contribution < 1.29 is 51.6 Å². The van der Waals surface area contributed by atoms with Crippen LogP contribution in [-0.4, -0.2) is 61.2 Å². The van der Waals surface area contributed by atoms with E-state index in [1.54, 1.807) is 6.08 Å². The molecule has 0 radical (unpaired) electrons. The second kappa shape index (κ2) is 13.4. The molecule has 2 unspecified atom stereocenters. The van der Waals surface area contributed by atoms with Gasteiger partial charge in [0.1, 0.15) is 18.0 Å². The van der Waals surface area contributed by atoms with Gasteiger partial charge in [0, 0.05) is 23.2 Å². The lowest BCUT2D eigenvalue weighted by Gasteiger charge is -2.70. The maximum atomic E-state index is 14.9. The van der Waals surface area contributed by atoms with Crippen LogP contribution in [0.4, 0.5) is 13.2 Å². The average Bonchev–Trinajstić information content (AvgIpc) is 3.04. The van der Waals surface area contributed by atoms with E-state index in [1.165, 1.54) is 31.2 Å². The van der Waals surface area contributed by atoms with E-state index < -0.39 is 69.5 Å². The van der Waals surface area contributed by atoms with E-state index in [4.69, 9.17) is 19.9 Å². The second-order valence-corrected chi connectivity index (χ2v) is 18.1. The molecule has 0 amide bonds. The summed E-state index contributed by atoms with van der Waals surface area (Å²) < 4.78 is 61.2. The van der Waals surface area contributed by atoms with Crippen molar-refractivity contribution in [2.75, 3.05) is 19.8 Å². The monoisotopic (exact) mass is 747 g/mol. The largest absolute Gasteiger partial charge is 0.573 e. The zero-order valence-electron chi connectivity index (χ0n) is 32.2. The Morgan fingerprint density at radius 1 is 1.04 bits per heavy atom. The van der Waals surface area contributed by atoms with Gasteiger partial charge in [0.05, 0.1) is 31.8 Å². The first-order chi connectivity index (χ1) is 24.5. The molecule has 1 aromatic carbocycles. The Hall–Kier alpha value is -2.96. The number of rotatable bonds is 9. The SMILES string of the molecule is CC(=O)O[C@@H]1C[C@@]23COCC(C)([C@H]1OCC(N)c1ccc(OC(F)(F)F)cc1)[C@@H]2CC[C@H]1C3=CC(=O)[C@@]2(C)[C@H](C(=O)O)[C@@](C)([C@H](C)C(C)C)CC[C@]12C. The molecule has 12 heteroatoms. The summed E-state index contributed by atoms with van der Waals surface area (Å²) in [6.07, 6.45) is -1.02. The number of benzene rings is 1. The van der Waals surface area contributed by atoms with Gasteiger partial charge in [-0.1, -0.05) is 66.2 Å². The molecule has 0 aromatic heterocycles. The number of nitrogens with two attached hydrogens (primary N) is 1. The minimum atomic E-state index is -4.81. The average molecular weight is 748 g/mol. The van der Waals surface area contributed by atoms with Crippen LogP contribution >= 0.6 is 0 Å². The van der Waals surface area contributed by atoms with Crippen molar-refractivity contribution in [2.45, 2.75) is 112 Å². The maximum absolute atomic E-state index is 14.9. The summed E-state index contributed by atoms with van der Waals surface area (Å²) in [7, 11) is 0. The molecule has 2 bridgehead atoms. The van der Waals surface area contributed by atoms with E-state index >= 15 is 0 Å². The van der Waals surface area contributed by atoms with Gasteiger partial charge in [-0.05, 0) is 90.4 Å². The minimum Gasteiger partial charge on any atom is -0.481 e. The normalized spacial score (nSPS) is 40.6. The highest BCUT2D eigenvalue weighted by Crippen LogP contribution is 2.74. The lowest BCUT2D eigenvalue weighted by molar-refractivity contribution is -0.274. The van der Waals surface area contributed by atoms with E-state index in [-0.39, 0.29) is 41.8 Å². The molecule has 0 spiro atoms. The molecule has 12 atom stereocenters. The third kappa shape index (κ3) is 6.13. The van der Waals surface area contributed by atoms with Gasteiger partial charge in [-0.15, -0.1) is 13.2 Å². The number of hydrogen-bond donors (Lipinski definition) is 2. The number of halogens is 3. The zero-order chi connectivity index (χ0) is 39.1. The molecule has 3 N–H and O–H groups in total. The van der Waals surface area contributed by atoms with Crippen molar-refractivity contribution in [1.82, 2.24) is 0 Å². The van der Waals surface area contributed by atoms with E-state index in [2.05, 4.69) is 46.3 Å². The summed E-state index contributed by atoms with van der Waals surface area (Å²) in [5, 5.41) is 11.0. The molecule has 1 saturated heterocycles. The Morgan fingerprint density at radius 3 is 2.28 bits per heavy atom. The van der Waals surface area contributed by atoms with Gasteiger partial charge in [0.25, 0.3) is 0 Å². The first-order valence-electron chi connectivity index (χ1n) is 19.0. The Morgan fingerprint density at radius 2 is 1.70 bits per heavy atom. The van der Waals surface area contributed by atoms with Crippen molar-refractivity contribution >= 4 is 17.7 Å². The molecule has 6 rings (SSSR count). The number of allylic oxidation sites excluding steroid dienone is 1. The summed E-state index contributed by atoms with van der Waals surface area (Å²) in [6, 6.07) is 4.64. The van der Waals surface area contributed by atoms with Crippen LogP contribution < -0.4 is 10.5 Å². The topological polar surface area (TPSA) is 134 Å². The Bertz CT molecular complexity index is 1650. The lowest BCUT2D eigenvalue weighted by Crippen LogP contribution is -2.71. The standard InChI is InChI=1S/C41H56F3NO8/c1-22(2)23(3)36(5)15-16-38(7)27-13-14-31-37(6)20-50-21-40(31,28(27)17-32(47)39(38,8)33(36)35(48)49)18-30(52-24(4)46)34(37)51-19-29(45)25-9-11-26(12-10-25)53-41(42,43)44/h9-12,17,22-23,27,29-31,33-34H,13-16,18-21,45H2,1-8H3,(H,48,49)/t23-,27+,29?,30-,31+,33-,34+,36-,37?,38-,39+,40+/m1/s1. The quantitative estimate of drug-likeness (QED) is 0.244. The first-order valence-corrected chi connectivity index (χ1v) is 19.0. The van der Waals surface area contributed by atoms with Gasteiger partial charge < -0.3 is 29.8 Å². The number of aliphatic carboxylic acids is 1. The molecule has 4 fully saturated rings. The van der Waals surface area contributed by atoms with Gasteiger partial charge in [0.2, 0.25) is 0 Å². The number of carboxylic acid groups (broad SMARTS) is 1. The van der Waals surface area contributed by atoms with E-state index in [1.807, 2.05) is 6.92 Å². The van der Waals surface area contributed by atoms with Crippen LogP contribution in [0.15, 0.2) is 35.9 Å². The fourth-order valence-corrected chi connectivity index (χ4v) is 12.2. The fraction of sp³-hybridized carbons (Fsp3) is 0.732. The van der Waals surface area contributed by atoms with Gasteiger partial charge in [-0.2, -0.15) is 0 Å². The number of carbonyl (C=O) groups is 3. The summed E-state index contributed by atoms with van der Waals surface area (Å²) in [5.41, 5.74) is 4.41. The number of fused-ring (bicyclic) bond motifs is 3. The summed E-state index contributed by atoms with van der Waals surface area (Å²) in [5.74, 6) is -2.50. The summed E-state index contributed by atoms with van der Waals surface area (Å²) in [6.45, 7) is 16.6. The molecule has 3 saturated carbocycles. The lowest BCUT2D eigenvalue weighted by atomic mass is 9.34. The van der Waals surface area contributed by atoms with Crippen LogP contribution in [0, 0.1) is 56.7 Å². The number of carboxylic acids is 1. The van der Waals surface area contributed by atoms with Crippen LogP contribution in [0.2, 0.25) is 0 Å². The Balaban J connectivity index is 1.34. The molecule has 9 nitrogen and oxygen atoms in total. The molecule has 5 aliphatic rings. The van der Waals surface area contributed by atoms with Crippen molar-refractivity contribution in [2.24, 2.45) is 62.4 Å². The third-order valence-corrected chi connectivity index (χ3v) is 15.3. The third-order valence-electron chi connectivity index (χ3n) is 15.3. The van der Waals surface area contributed by atoms with E-state index in [0.29, 0.717) is 38.0 Å². The van der Waals surface area contributed by atoms with Gasteiger partial charge in [-0.25, -0.2) is 0 Å². The minimum absolute atomic E-state index is 0.00158. The van der Waals surface area contributed by atoms with Crippen LogP contribution in [0.1, 0.15) is 99.1 Å². The van der Waals surface area contributed by atoms with Crippen molar-refractivity contribution in [3.05, 3.63) is 41.5 Å². The molecule has 1 heterocycles. The number of alkyl halides is 3. The van der Waals surface area contributed by atoms with Crippen LogP contribution in [0.3, 0.4) is 0 Å². The number of esters is 1. The predicted octanol–water partition coefficient (Wildman–Crippen LogP) is 7.67. The molecule has 4 aliphatic carbocycles. The fourth-order valence-electron chi connectivity index (χ4n) is 12.2. The number of ether oxygens (including phenoxy) is 4. The molecule has 1 aliphatic heterocycles. The van der Waals surface area contributed by atoms with Crippen LogP contribution in [0.5, 0.6) is 5.75 Å². The maximum Gasteiger partial charge on any atom is 0.573 e. The highest BCUT2D eigenvalue weighted by atomic mass is 19.4. The highest BCUT2D eigenvalue weighted by molar-refractivity contribution is 6.00. The molecule has 294 valence electrons. The predicted molar refractivity (Wildman–Crippen MR) is 189 cm³/mol. The van der Waals surface area contributed by atoms with Gasteiger partial charge in [0.15, 0.2) is 5.78 Å². The smallest absolute Gasteiger partial charge is 0.481 e. The Kier molecular flexibility index (Phi) is 10.0. The van der Waals surface area contributed by atoms with Crippen LogP contribution in [-0.2, 0) is 28.6 Å². The van der Waals surface area contributed by atoms with Gasteiger partial charge in [-0.3, -0.25) is 14.4 Å². The van der Waals surface area contributed by atoms with Crippen molar-refractivity contribution in [3.63, 3.8) is 0 Å². The molecule has 1 aromatic rings. The summed E-state index contributed by atoms with van der Waals surface area (Å²) in [4.78, 5) is 40.9. The number of ketones is 1. The molecule has 53 heavy (non-hydrogen) atoms. The summed E-state index contributed by atoms with van der Waals surface area (Å²) >= 11 is 0. The van der Waals surface area contributed by atoms with Crippen molar-refractivity contribution in [1.29, 1.82) is 0 Å². The van der Waals surface area contributed by atoms with E-state index in [9.17, 15) is 32.7 Å². The molecular formula is C41H56F3NO8. The molecular weight excluding hydrogens is 691 g/mol. The highest BCUT2D eigenvalue weighted by Gasteiger charge is 2.74. The zero-order valence-corrected chi connectivity index (χ0v) is 32.2. The number of carbonyl (C=O) groups excluding carboxylic acids is 2.